The number of ether oxygens (including phenoxy) is 1. The number of alkyl carbamates (subject to hydrolysis) is 1. The van der Waals surface area contributed by atoms with Crippen molar-refractivity contribution < 1.29 is 9.53 Å². The molecule has 0 bridgehead atoms. The summed E-state index contributed by atoms with van der Waals surface area (Å²) in [6, 6.07) is 8.69. The lowest BCUT2D eigenvalue weighted by Gasteiger charge is -2.20. The van der Waals surface area contributed by atoms with E-state index < -0.39 is 5.60 Å². The first-order valence-electron chi connectivity index (χ1n) is 7.55. The van der Waals surface area contributed by atoms with Crippen LogP contribution in [0.25, 0.3) is 0 Å². The van der Waals surface area contributed by atoms with Gasteiger partial charge in [0.25, 0.3) is 0 Å². The Hall–Kier alpha value is -1.55. The van der Waals surface area contributed by atoms with Crippen LogP contribution in [0, 0.1) is 6.92 Å². The highest BCUT2D eigenvalue weighted by Gasteiger charge is 2.15. The van der Waals surface area contributed by atoms with Crippen LogP contribution in [-0.4, -0.2) is 24.8 Å². The molecule has 0 aliphatic heterocycles. The van der Waals surface area contributed by atoms with Gasteiger partial charge < -0.3 is 15.4 Å². The third kappa shape index (κ3) is 7.14. The van der Waals surface area contributed by atoms with Gasteiger partial charge in [-0.3, -0.25) is 0 Å². The Bertz CT molecular complexity index is 452. The predicted molar refractivity (Wildman–Crippen MR) is 86.5 cm³/mol. The van der Waals surface area contributed by atoms with Crippen LogP contribution >= 0.6 is 0 Å². The number of carbonyl (C=O) groups is 1. The van der Waals surface area contributed by atoms with E-state index in [1.807, 2.05) is 20.8 Å². The maximum atomic E-state index is 11.5. The number of hydrogen-bond acceptors (Lipinski definition) is 3. The number of carbonyl (C=O) groups excluding carboxylic acids is 1. The molecule has 1 aromatic rings. The SMILES string of the molecule is Cc1ccccc1[C@H](C)NCCCNC(=O)OC(C)(C)C. The van der Waals surface area contributed by atoms with E-state index in [9.17, 15) is 4.79 Å². The zero-order valence-corrected chi connectivity index (χ0v) is 13.8. The van der Waals surface area contributed by atoms with Gasteiger partial charge in [-0.15, -0.1) is 0 Å². The average molecular weight is 292 g/mol. The topological polar surface area (TPSA) is 50.4 Å². The molecule has 0 heterocycles. The highest BCUT2D eigenvalue weighted by Crippen LogP contribution is 2.16. The Morgan fingerprint density at radius 3 is 2.52 bits per heavy atom. The number of rotatable bonds is 6. The van der Waals surface area contributed by atoms with Gasteiger partial charge >= 0.3 is 6.09 Å². The van der Waals surface area contributed by atoms with Crippen LogP contribution in [0.2, 0.25) is 0 Å². The van der Waals surface area contributed by atoms with Crippen molar-refractivity contribution in [3.63, 3.8) is 0 Å². The van der Waals surface area contributed by atoms with Crippen LogP contribution in [0.1, 0.15) is 51.3 Å². The fourth-order valence-electron chi connectivity index (χ4n) is 2.09. The minimum Gasteiger partial charge on any atom is -0.444 e. The normalized spacial score (nSPS) is 12.8. The Morgan fingerprint density at radius 1 is 1.24 bits per heavy atom. The van der Waals surface area contributed by atoms with Crippen LogP contribution in [0.3, 0.4) is 0 Å². The zero-order valence-electron chi connectivity index (χ0n) is 13.8. The van der Waals surface area contributed by atoms with Gasteiger partial charge in [0, 0.05) is 12.6 Å². The second-order valence-electron chi connectivity index (χ2n) is 6.31. The lowest BCUT2D eigenvalue weighted by Crippen LogP contribution is -2.34. The standard InChI is InChI=1S/C17H28N2O2/c1-13-9-6-7-10-15(13)14(2)18-11-8-12-19-16(20)21-17(3,4)5/h6-7,9-10,14,18H,8,11-12H2,1-5H3,(H,19,20)/t14-/m0/s1. The number of aryl methyl sites for hydroxylation is 1. The zero-order chi connectivity index (χ0) is 15.9. The fourth-order valence-corrected chi connectivity index (χ4v) is 2.09. The molecule has 1 aromatic carbocycles. The van der Waals surface area contributed by atoms with Crippen molar-refractivity contribution in [2.75, 3.05) is 13.1 Å². The van der Waals surface area contributed by atoms with Gasteiger partial charge in [0.1, 0.15) is 5.60 Å². The summed E-state index contributed by atoms with van der Waals surface area (Å²) in [4.78, 5) is 11.5. The van der Waals surface area contributed by atoms with E-state index in [0.29, 0.717) is 12.6 Å². The summed E-state index contributed by atoms with van der Waals surface area (Å²) in [5, 5.41) is 6.23. The van der Waals surface area contributed by atoms with E-state index in [0.717, 1.165) is 13.0 Å². The molecule has 0 spiro atoms. The van der Waals surface area contributed by atoms with Gasteiger partial charge in [0.05, 0.1) is 0 Å². The smallest absolute Gasteiger partial charge is 0.407 e. The van der Waals surface area contributed by atoms with E-state index in [4.69, 9.17) is 4.74 Å². The minimum atomic E-state index is -0.443. The molecule has 0 aliphatic rings. The Balaban J connectivity index is 2.20. The molecule has 0 aromatic heterocycles. The molecule has 1 amide bonds. The molecule has 2 N–H and O–H groups in total. The van der Waals surface area contributed by atoms with Crippen LogP contribution in [0.15, 0.2) is 24.3 Å². The molecule has 0 saturated heterocycles. The maximum absolute atomic E-state index is 11.5. The second-order valence-corrected chi connectivity index (χ2v) is 6.31. The fraction of sp³-hybridized carbons (Fsp3) is 0.588. The van der Waals surface area contributed by atoms with E-state index >= 15 is 0 Å². The molecule has 4 nitrogen and oxygen atoms in total. The molecule has 118 valence electrons. The third-order valence-electron chi connectivity index (χ3n) is 3.13. The van der Waals surface area contributed by atoms with Gasteiger partial charge in [-0.2, -0.15) is 0 Å². The van der Waals surface area contributed by atoms with E-state index in [1.165, 1.54) is 11.1 Å². The highest BCUT2D eigenvalue weighted by atomic mass is 16.6. The maximum Gasteiger partial charge on any atom is 0.407 e. The van der Waals surface area contributed by atoms with Crippen molar-refractivity contribution in [2.24, 2.45) is 0 Å². The van der Waals surface area contributed by atoms with E-state index in [1.54, 1.807) is 0 Å². The first kappa shape index (κ1) is 17.5. The monoisotopic (exact) mass is 292 g/mol. The summed E-state index contributed by atoms with van der Waals surface area (Å²) < 4.78 is 5.18. The third-order valence-corrected chi connectivity index (χ3v) is 3.13. The van der Waals surface area contributed by atoms with Gasteiger partial charge in [0.15, 0.2) is 0 Å². The van der Waals surface area contributed by atoms with Crippen LogP contribution in [0.4, 0.5) is 4.79 Å². The Kier molecular flexibility index (Phi) is 6.69. The number of amides is 1. The van der Waals surface area contributed by atoms with Gasteiger partial charge in [0.2, 0.25) is 0 Å². The van der Waals surface area contributed by atoms with E-state index in [2.05, 4.69) is 48.7 Å². The van der Waals surface area contributed by atoms with Crippen molar-refractivity contribution in [1.82, 2.24) is 10.6 Å². The number of hydrogen-bond donors (Lipinski definition) is 2. The quantitative estimate of drug-likeness (QED) is 0.788. The summed E-state index contributed by atoms with van der Waals surface area (Å²) in [5.74, 6) is 0. The molecule has 1 atom stereocenters. The van der Waals surface area contributed by atoms with Crippen molar-refractivity contribution in [1.29, 1.82) is 0 Å². The average Bonchev–Trinajstić information content (AvgIpc) is 2.36. The van der Waals surface area contributed by atoms with Crippen LogP contribution < -0.4 is 10.6 Å². The molecule has 0 saturated carbocycles. The van der Waals surface area contributed by atoms with Gasteiger partial charge in [-0.25, -0.2) is 4.79 Å². The molecule has 1 rings (SSSR count). The first-order chi connectivity index (χ1) is 9.79. The molecule has 0 fully saturated rings. The highest BCUT2D eigenvalue weighted by molar-refractivity contribution is 5.67. The lowest BCUT2D eigenvalue weighted by molar-refractivity contribution is 0.0527. The molecular weight excluding hydrogens is 264 g/mol. The summed E-state index contributed by atoms with van der Waals surface area (Å²) in [6.07, 6.45) is 0.518. The van der Waals surface area contributed by atoms with Gasteiger partial charge in [-0.1, -0.05) is 24.3 Å². The summed E-state index contributed by atoms with van der Waals surface area (Å²) in [6.45, 7) is 11.3. The van der Waals surface area contributed by atoms with Crippen molar-refractivity contribution in [3.05, 3.63) is 35.4 Å². The molecule has 4 heteroatoms. The largest absolute Gasteiger partial charge is 0.444 e. The minimum absolute atomic E-state index is 0.313. The first-order valence-corrected chi connectivity index (χ1v) is 7.55. The predicted octanol–water partition coefficient (Wildman–Crippen LogP) is 3.56. The van der Waals surface area contributed by atoms with Crippen LogP contribution in [-0.2, 0) is 4.74 Å². The van der Waals surface area contributed by atoms with Crippen molar-refractivity contribution in [2.45, 2.75) is 52.7 Å². The van der Waals surface area contributed by atoms with Crippen molar-refractivity contribution in [3.8, 4) is 0 Å². The summed E-state index contributed by atoms with van der Waals surface area (Å²) in [7, 11) is 0. The molecular formula is C17H28N2O2. The van der Waals surface area contributed by atoms with Crippen molar-refractivity contribution >= 4 is 6.09 Å². The molecule has 0 aliphatic carbocycles. The van der Waals surface area contributed by atoms with Gasteiger partial charge in [-0.05, 0) is 58.7 Å². The Labute approximate surface area is 128 Å². The second kappa shape index (κ2) is 8.03. The molecule has 0 unspecified atom stereocenters. The summed E-state index contributed by atoms with van der Waals surface area (Å²) in [5.41, 5.74) is 2.17. The Morgan fingerprint density at radius 2 is 1.90 bits per heavy atom. The summed E-state index contributed by atoms with van der Waals surface area (Å²) >= 11 is 0. The molecule has 0 radical (unpaired) electrons. The number of benzene rings is 1. The van der Waals surface area contributed by atoms with Crippen LogP contribution in [0.5, 0.6) is 0 Å². The number of nitrogens with one attached hydrogen (secondary N) is 2. The lowest BCUT2D eigenvalue weighted by atomic mass is 10.0. The van der Waals surface area contributed by atoms with E-state index in [-0.39, 0.29) is 6.09 Å². The molecule has 21 heavy (non-hydrogen) atoms.